The van der Waals surface area contributed by atoms with Crippen LogP contribution in [0.25, 0.3) is 0 Å². The largest absolute Gasteiger partial charge is 0.444 e. The first-order valence-corrected chi connectivity index (χ1v) is 6.05. The minimum Gasteiger partial charge on any atom is -0.444 e. The van der Waals surface area contributed by atoms with Gasteiger partial charge in [0.25, 0.3) is 0 Å². The minimum absolute atomic E-state index is 0.0438. The molecule has 0 fully saturated rings. The summed E-state index contributed by atoms with van der Waals surface area (Å²) in [4.78, 5) is 10.9. The standard InChI is InChI=1S/C9H11NO4S/c1-15(12,13)10-9(11)14-7-8-5-3-2-4-6-8/h2-6H,7H2,1H3,(H,10,11). The lowest BCUT2D eigenvalue weighted by atomic mass is 10.2. The van der Waals surface area contributed by atoms with Crippen molar-refractivity contribution in [2.75, 3.05) is 6.26 Å². The summed E-state index contributed by atoms with van der Waals surface area (Å²) in [6.07, 6.45) is -0.0853. The van der Waals surface area contributed by atoms with E-state index >= 15 is 0 Å². The van der Waals surface area contributed by atoms with Crippen LogP contribution in [-0.4, -0.2) is 20.8 Å². The zero-order valence-electron chi connectivity index (χ0n) is 8.14. The zero-order valence-corrected chi connectivity index (χ0v) is 8.95. The van der Waals surface area contributed by atoms with Crippen LogP contribution >= 0.6 is 0 Å². The van der Waals surface area contributed by atoms with Crippen molar-refractivity contribution in [2.45, 2.75) is 6.61 Å². The molecule has 82 valence electrons. The molecule has 6 heteroatoms. The summed E-state index contributed by atoms with van der Waals surface area (Å²) in [7, 11) is -3.55. The maximum Gasteiger partial charge on any atom is 0.421 e. The smallest absolute Gasteiger partial charge is 0.421 e. The Bertz CT molecular complexity index is 427. The van der Waals surface area contributed by atoms with E-state index in [-0.39, 0.29) is 6.61 Å². The maximum atomic E-state index is 10.9. The summed E-state index contributed by atoms with van der Waals surface area (Å²) >= 11 is 0. The number of nitrogens with one attached hydrogen (secondary N) is 1. The van der Waals surface area contributed by atoms with Gasteiger partial charge in [0.1, 0.15) is 6.61 Å². The van der Waals surface area contributed by atoms with E-state index in [1.165, 1.54) is 0 Å². The molecule has 1 rings (SSSR count). The molecule has 0 saturated carbocycles. The fourth-order valence-corrected chi connectivity index (χ4v) is 1.27. The van der Waals surface area contributed by atoms with Crippen molar-refractivity contribution >= 4 is 16.1 Å². The zero-order chi connectivity index (χ0) is 11.3. The monoisotopic (exact) mass is 229 g/mol. The Labute approximate surface area is 88.1 Å². The molecule has 0 atom stereocenters. The molecule has 0 spiro atoms. The van der Waals surface area contributed by atoms with E-state index in [0.717, 1.165) is 11.8 Å². The van der Waals surface area contributed by atoms with Gasteiger partial charge in [0.05, 0.1) is 6.26 Å². The van der Waals surface area contributed by atoms with Crippen molar-refractivity contribution in [2.24, 2.45) is 0 Å². The van der Waals surface area contributed by atoms with Gasteiger partial charge in [-0.25, -0.2) is 17.9 Å². The van der Waals surface area contributed by atoms with Crippen LogP contribution in [0.2, 0.25) is 0 Å². The lowest BCUT2D eigenvalue weighted by Gasteiger charge is -2.04. The van der Waals surface area contributed by atoms with Crippen LogP contribution < -0.4 is 4.72 Å². The predicted molar refractivity (Wildman–Crippen MR) is 54.6 cm³/mol. The third-order valence-electron chi connectivity index (χ3n) is 1.48. The molecule has 0 aliphatic carbocycles. The van der Waals surface area contributed by atoms with Crippen LogP contribution in [0.3, 0.4) is 0 Å². The van der Waals surface area contributed by atoms with Crippen molar-refractivity contribution in [3.63, 3.8) is 0 Å². The molecular formula is C9H11NO4S. The Hall–Kier alpha value is -1.56. The second kappa shape index (κ2) is 4.79. The van der Waals surface area contributed by atoms with E-state index in [2.05, 4.69) is 4.74 Å². The molecule has 1 amide bonds. The van der Waals surface area contributed by atoms with Crippen LogP contribution in [0.4, 0.5) is 4.79 Å². The third kappa shape index (κ3) is 5.02. The van der Waals surface area contributed by atoms with Gasteiger partial charge < -0.3 is 4.74 Å². The quantitative estimate of drug-likeness (QED) is 0.834. The molecule has 0 radical (unpaired) electrons. The molecule has 0 aromatic heterocycles. The summed E-state index contributed by atoms with van der Waals surface area (Å²) in [5.74, 6) is 0. The molecule has 15 heavy (non-hydrogen) atoms. The first-order chi connectivity index (χ1) is 6.97. The fraction of sp³-hybridized carbons (Fsp3) is 0.222. The SMILES string of the molecule is CS(=O)(=O)NC(=O)OCc1ccccc1. The molecule has 0 aliphatic rings. The van der Waals surface area contributed by atoms with Gasteiger partial charge in [-0.15, -0.1) is 0 Å². The number of hydrogen-bond donors (Lipinski definition) is 1. The maximum absolute atomic E-state index is 10.9. The minimum atomic E-state index is -3.55. The van der Waals surface area contributed by atoms with Gasteiger partial charge in [0.15, 0.2) is 0 Å². The highest BCUT2D eigenvalue weighted by Crippen LogP contribution is 2.00. The summed E-state index contributed by atoms with van der Waals surface area (Å²) < 4.78 is 27.7. The van der Waals surface area contributed by atoms with Crippen molar-refractivity contribution in [3.05, 3.63) is 35.9 Å². The fourth-order valence-electron chi connectivity index (χ4n) is 0.904. The predicted octanol–water partition coefficient (Wildman–Crippen LogP) is 0.872. The summed E-state index contributed by atoms with van der Waals surface area (Å²) in [6.45, 7) is 0.0438. The van der Waals surface area contributed by atoms with E-state index in [1.54, 1.807) is 29.0 Å². The van der Waals surface area contributed by atoms with Crippen molar-refractivity contribution in [3.8, 4) is 0 Å². The van der Waals surface area contributed by atoms with Gasteiger partial charge >= 0.3 is 6.09 Å². The van der Waals surface area contributed by atoms with Gasteiger partial charge in [0, 0.05) is 0 Å². The van der Waals surface area contributed by atoms with E-state index in [4.69, 9.17) is 0 Å². The van der Waals surface area contributed by atoms with Crippen LogP contribution in [0.1, 0.15) is 5.56 Å². The van der Waals surface area contributed by atoms with E-state index in [9.17, 15) is 13.2 Å². The van der Waals surface area contributed by atoms with Crippen LogP contribution in [0.5, 0.6) is 0 Å². The number of hydrogen-bond acceptors (Lipinski definition) is 4. The first kappa shape index (κ1) is 11.5. The highest BCUT2D eigenvalue weighted by Gasteiger charge is 2.08. The lowest BCUT2D eigenvalue weighted by Crippen LogP contribution is -2.29. The molecule has 0 heterocycles. The van der Waals surface area contributed by atoms with E-state index < -0.39 is 16.1 Å². The second-order valence-electron chi connectivity index (χ2n) is 2.94. The Balaban J connectivity index is 2.42. The highest BCUT2D eigenvalue weighted by molar-refractivity contribution is 7.89. The molecule has 0 saturated heterocycles. The van der Waals surface area contributed by atoms with Gasteiger partial charge in [-0.3, -0.25) is 0 Å². The van der Waals surface area contributed by atoms with Gasteiger partial charge in [-0.2, -0.15) is 0 Å². The number of ether oxygens (including phenoxy) is 1. The van der Waals surface area contributed by atoms with Gasteiger partial charge in [-0.1, -0.05) is 30.3 Å². The normalized spacial score (nSPS) is 10.7. The van der Waals surface area contributed by atoms with Crippen LogP contribution in [0, 0.1) is 0 Å². The van der Waals surface area contributed by atoms with E-state index in [0.29, 0.717) is 0 Å². The topological polar surface area (TPSA) is 72.5 Å². The Morgan fingerprint density at radius 2 is 1.93 bits per heavy atom. The second-order valence-corrected chi connectivity index (χ2v) is 4.68. The molecule has 0 aliphatic heterocycles. The number of carbonyl (C=O) groups excluding carboxylic acids is 1. The molecule has 1 aromatic carbocycles. The number of amides is 1. The lowest BCUT2D eigenvalue weighted by molar-refractivity contribution is 0.146. The average molecular weight is 229 g/mol. The number of carbonyl (C=O) groups is 1. The molecule has 1 N–H and O–H groups in total. The Morgan fingerprint density at radius 1 is 1.33 bits per heavy atom. The van der Waals surface area contributed by atoms with Crippen molar-refractivity contribution < 1.29 is 17.9 Å². The molecule has 1 aromatic rings. The molecule has 0 unspecified atom stereocenters. The van der Waals surface area contributed by atoms with Crippen LogP contribution in [0.15, 0.2) is 30.3 Å². The highest BCUT2D eigenvalue weighted by atomic mass is 32.2. The molecule has 0 bridgehead atoms. The van der Waals surface area contributed by atoms with Gasteiger partial charge in [0.2, 0.25) is 10.0 Å². The summed E-state index contributed by atoms with van der Waals surface area (Å²) in [5, 5.41) is 0. The number of sulfonamides is 1. The van der Waals surface area contributed by atoms with Crippen LogP contribution in [-0.2, 0) is 21.4 Å². The number of rotatable bonds is 3. The average Bonchev–Trinajstić information content (AvgIpc) is 2.14. The Morgan fingerprint density at radius 3 is 2.47 bits per heavy atom. The van der Waals surface area contributed by atoms with E-state index in [1.807, 2.05) is 6.07 Å². The summed E-state index contributed by atoms with van der Waals surface area (Å²) in [6, 6.07) is 8.97. The third-order valence-corrected chi connectivity index (χ3v) is 2.02. The first-order valence-electron chi connectivity index (χ1n) is 4.16. The molecule has 5 nitrogen and oxygen atoms in total. The summed E-state index contributed by atoms with van der Waals surface area (Å²) in [5.41, 5.74) is 0.793. The van der Waals surface area contributed by atoms with Gasteiger partial charge in [-0.05, 0) is 5.56 Å². The number of benzene rings is 1. The van der Waals surface area contributed by atoms with Crippen molar-refractivity contribution in [1.29, 1.82) is 0 Å². The molecular weight excluding hydrogens is 218 g/mol. The van der Waals surface area contributed by atoms with Crippen molar-refractivity contribution in [1.82, 2.24) is 4.72 Å². The Kier molecular flexibility index (Phi) is 3.68.